The molecule has 1 atom stereocenters. The normalized spacial score (nSPS) is 12.7. The van der Waals surface area contributed by atoms with Crippen LogP contribution in [0.3, 0.4) is 0 Å². The Morgan fingerprint density at radius 1 is 1.36 bits per heavy atom. The molecule has 1 aromatic heterocycles. The lowest BCUT2D eigenvalue weighted by Crippen LogP contribution is -2.30. The molecule has 0 aliphatic carbocycles. The Kier molecular flexibility index (Phi) is 6.91. The molecule has 2 aromatic rings. The summed E-state index contributed by atoms with van der Waals surface area (Å²) in [5, 5.41) is 16.9. The van der Waals surface area contributed by atoms with Gasteiger partial charge in [0.2, 0.25) is 0 Å². The molecule has 0 aliphatic rings. The van der Waals surface area contributed by atoms with E-state index in [9.17, 15) is 26.7 Å². The van der Waals surface area contributed by atoms with Gasteiger partial charge < -0.3 is 19.7 Å². The van der Waals surface area contributed by atoms with Crippen molar-refractivity contribution >= 4 is 23.5 Å². The number of nitrogens with zero attached hydrogens (tertiary/aromatic N) is 1. The third kappa shape index (κ3) is 5.14. The Morgan fingerprint density at radius 2 is 2.04 bits per heavy atom. The van der Waals surface area contributed by atoms with Crippen LogP contribution in [0.25, 0.3) is 0 Å². The van der Waals surface area contributed by atoms with Crippen LogP contribution in [0.1, 0.15) is 16.9 Å². The largest absolute Gasteiger partial charge is 0.490 e. The minimum atomic E-state index is -4.79. The molecule has 4 N–H and O–H groups in total. The van der Waals surface area contributed by atoms with Gasteiger partial charge in [-0.2, -0.15) is 13.2 Å². The molecule has 1 aromatic carbocycles. The number of nitrogens with one attached hydrogen (secondary N) is 1. The van der Waals surface area contributed by atoms with E-state index in [0.29, 0.717) is 11.9 Å². The van der Waals surface area contributed by atoms with Crippen molar-refractivity contribution in [2.24, 2.45) is 12.2 Å². The summed E-state index contributed by atoms with van der Waals surface area (Å²) in [6, 6.07) is 2.74. The highest BCUT2D eigenvalue weighted by molar-refractivity contribution is 7.97. The average molecular weight is 425 g/mol. The standard InChI is InChI=1S/C16H16F5N3O3S/c1-24-7-11(28-22)14(27-5-4-12(25)16(19,20)21)13(24)15(26)23-8-2-3-9(17)10(18)6-8/h2-3,6-7,12,25H,4-5,22H2,1H3,(H,23,26). The molecule has 0 radical (unpaired) electrons. The van der Waals surface area contributed by atoms with E-state index >= 15 is 0 Å². The first-order chi connectivity index (χ1) is 13.0. The van der Waals surface area contributed by atoms with Gasteiger partial charge in [0.1, 0.15) is 0 Å². The number of carbonyl (C=O) groups is 1. The molecule has 0 fully saturated rings. The number of hydrogen-bond donors (Lipinski definition) is 3. The summed E-state index contributed by atoms with van der Waals surface area (Å²) in [5.74, 6) is -3.13. The Bertz CT molecular complexity index is 857. The zero-order valence-electron chi connectivity index (χ0n) is 14.4. The van der Waals surface area contributed by atoms with Crippen molar-refractivity contribution in [1.82, 2.24) is 4.57 Å². The highest BCUT2D eigenvalue weighted by atomic mass is 32.2. The van der Waals surface area contributed by atoms with Crippen molar-refractivity contribution in [2.75, 3.05) is 11.9 Å². The van der Waals surface area contributed by atoms with E-state index < -0.39 is 42.8 Å². The molecule has 0 aliphatic heterocycles. The lowest BCUT2D eigenvalue weighted by molar-refractivity contribution is -0.206. The molecule has 0 saturated carbocycles. The molecule has 28 heavy (non-hydrogen) atoms. The van der Waals surface area contributed by atoms with Crippen LogP contribution in [-0.2, 0) is 7.05 Å². The number of hydrogen-bond acceptors (Lipinski definition) is 5. The first-order valence-corrected chi connectivity index (χ1v) is 8.62. The van der Waals surface area contributed by atoms with Gasteiger partial charge in [0.05, 0.1) is 11.5 Å². The summed E-state index contributed by atoms with van der Waals surface area (Å²) in [4.78, 5) is 12.8. The van der Waals surface area contributed by atoms with E-state index in [2.05, 4.69) is 5.32 Å². The average Bonchev–Trinajstić information content (AvgIpc) is 2.92. The Hall–Kier alpha value is -2.31. The van der Waals surface area contributed by atoms with E-state index in [4.69, 9.17) is 15.0 Å². The van der Waals surface area contributed by atoms with Crippen molar-refractivity contribution in [3.8, 4) is 5.75 Å². The number of rotatable bonds is 7. The number of aryl methyl sites for hydroxylation is 1. The topological polar surface area (TPSA) is 89.5 Å². The quantitative estimate of drug-likeness (QED) is 0.468. The first-order valence-electron chi connectivity index (χ1n) is 7.74. The summed E-state index contributed by atoms with van der Waals surface area (Å²) in [7, 11) is 1.47. The van der Waals surface area contributed by atoms with Crippen molar-refractivity contribution in [3.63, 3.8) is 0 Å². The highest BCUT2D eigenvalue weighted by Gasteiger charge is 2.38. The number of benzene rings is 1. The van der Waals surface area contributed by atoms with Gasteiger partial charge in [-0.05, 0) is 24.1 Å². The molecule has 1 amide bonds. The lowest BCUT2D eigenvalue weighted by atomic mass is 10.2. The predicted molar refractivity (Wildman–Crippen MR) is 91.9 cm³/mol. The number of aliphatic hydroxyl groups excluding tert-OH is 1. The maximum atomic E-state index is 13.3. The van der Waals surface area contributed by atoms with Crippen LogP contribution < -0.4 is 15.2 Å². The van der Waals surface area contributed by atoms with Crippen molar-refractivity contribution in [2.45, 2.75) is 23.6 Å². The van der Waals surface area contributed by atoms with Crippen LogP contribution >= 0.6 is 11.9 Å². The molecule has 0 spiro atoms. The monoisotopic (exact) mass is 425 g/mol. The fourth-order valence-electron chi connectivity index (χ4n) is 2.26. The summed E-state index contributed by atoms with van der Waals surface area (Å²) in [6.45, 7) is -0.538. The number of carbonyl (C=O) groups excluding carboxylic acids is 1. The summed E-state index contributed by atoms with van der Waals surface area (Å²) in [6.07, 6.45) is -6.71. The van der Waals surface area contributed by atoms with Gasteiger partial charge in [-0.15, -0.1) is 0 Å². The van der Waals surface area contributed by atoms with Gasteiger partial charge >= 0.3 is 6.18 Å². The number of ether oxygens (including phenoxy) is 1. The van der Waals surface area contributed by atoms with Crippen molar-refractivity contribution in [3.05, 3.63) is 41.7 Å². The second-order valence-electron chi connectivity index (χ2n) is 5.68. The minimum absolute atomic E-state index is 0.0366. The number of alkyl halides is 3. The third-order valence-electron chi connectivity index (χ3n) is 3.64. The number of amides is 1. The van der Waals surface area contributed by atoms with Gasteiger partial charge in [0.25, 0.3) is 5.91 Å². The van der Waals surface area contributed by atoms with E-state index in [0.717, 1.165) is 18.2 Å². The van der Waals surface area contributed by atoms with Gasteiger partial charge in [-0.3, -0.25) is 9.93 Å². The van der Waals surface area contributed by atoms with E-state index in [-0.39, 0.29) is 22.0 Å². The fourth-order valence-corrected chi connectivity index (χ4v) is 2.74. The number of aromatic nitrogens is 1. The zero-order valence-corrected chi connectivity index (χ0v) is 15.2. The predicted octanol–water partition coefficient (Wildman–Crippen LogP) is 3.21. The van der Waals surface area contributed by atoms with Gasteiger partial charge in [0, 0.05) is 31.4 Å². The van der Waals surface area contributed by atoms with Gasteiger partial charge in [-0.1, -0.05) is 0 Å². The molecule has 1 heterocycles. The Labute approximate surface area is 160 Å². The SMILES string of the molecule is Cn1cc(SN)c(OCCC(O)C(F)(F)F)c1C(=O)Nc1ccc(F)c(F)c1. The molecular weight excluding hydrogens is 409 g/mol. The summed E-state index contributed by atoms with van der Waals surface area (Å²) in [5.41, 5.74) is -0.135. The lowest BCUT2D eigenvalue weighted by Gasteiger charge is -2.15. The maximum absolute atomic E-state index is 13.3. The third-order valence-corrected chi connectivity index (χ3v) is 4.18. The summed E-state index contributed by atoms with van der Waals surface area (Å²) < 4.78 is 70.0. The molecule has 6 nitrogen and oxygen atoms in total. The zero-order chi connectivity index (χ0) is 21.1. The molecule has 0 saturated heterocycles. The maximum Gasteiger partial charge on any atom is 0.414 e. The first kappa shape index (κ1) is 22.0. The molecule has 154 valence electrons. The van der Waals surface area contributed by atoms with Crippen LogP contribution in [0.2, 0.25) is 0 Å². The highest BCUT2D eigenvalue weighted by Crippen LogP contribution is 2.33. The number of anilines is 1. The smallest absolute Gasteiger partial charge is 0.414 e. The van der Waals surface area contributed by atoms with E-state index in [1.54, 1.807) is 0 Å². The second-order valence-corrected chi connectivity index (χ2v) is 6.35. The van der Waals surface area contributed by atoms with Crippen LogP contribution in [0.15, 0.2) is 29.3 Å². The fraction of sp³-hybridized carbons (Fsp3) is 0.312. The number of halogens is 5. The number of aliphatic hydroxyl groups is 1. The molecule has 2 rings (SSSR count). The Balaban J connectivity index is 2.20. The molecular formula is C16H16F5N3O3S. The molecule has 1 unspecified atom stereocenters. The second kappa shape index (κ2) is 8.80. The Morgan fingerprint density at radius 3 is 2.61 bits per heavy atom. The van der Waals surface area contributed by atoms with E-state index in [1.807, 2.05) is 0 Å². The van der Waals surface area contributed by atoms with Gasteiger partial charge in [0.15, 0.2) is 29.2 Å². The van der Waals surface area contributed by atoms with Crippen LogP contribution in [-0.4, -0.2) is 34.5 Å². The minimum Gasteiger partial charge on any atom is -0.490 e. The van der Waals surface area contributed by atoms with E-state index in [1.165, 1.54) is 17.8 Å². The molecule has 0 bridgehead atoms. The summed E-state index contributed by atoms with van der Waals surface area (Å²) >= 11 is 0.703. The molecule has 12 heteroatoms. The van der Waals surface area contributed by atoms with Crippen molar-refractivity contribution < 1.29 is 36.6 Å². The van der Waals surface area contributed by atoms with Crippen LogP contribution in [0, 0.1) is 11.6 Å². The van der Waals surface area contributed by atoms with Gasteiger partial charge in [-0.25, -0.2) is 8.78 Å². The van der Waals surface area contributed by atoms with Crippen molar-refractivity contribution in [1.29, 1.82) is 0 Å². The van der Waals surface area contributed by atoms with Crippen LogP contribution in [0.4, 0.5) is 27.6 Å². The van der Waals surface area contributed by atoms with Crippen LogP contribution in [0.5, 0.6) is 5.75 Å². The number of nitrogens with two attached hydrogens (primary N) is 1.